The van der Waals surface area contributed by atoms with Gasteiger partial charge in [-0.1, -0.05) is 34.6 Å². The monoisotopic (exact) mass is 424 g/mol. The molecule has 0 atom stereocenters. The molecule has 0 aliphatic rings. The smallest absolute Gasteiger partial charge is 0.188 e. The molecule has 3 N–H and O–H groups in total. The summed E-state index contributed by atoms with van der Waals surface area (Å²) in [6, 6.07) is 0. The van der Waals surface area contributed by atoms with Crippen molar-refractivity contribution in [3.05, 3.63) is 16.1 Å². The Hall–Kier alpha value is -0.370. The predicted octanol–water partition coefficient (Wildman–Crippen LogP) is 3.55. The van der Waals surface area contributed by atoms with E-state index < -0.39 is 0 Å². The van der Waals surface area contributed by atoms with Gasteiger partial charge in [-0.15, -0.1) is 35.3 Å². The summed E-state index contributed by atoms with van der Waals surface area (Å²) in [5.41, 5.74) is 7.11. The second-order valence-electron chi connectivity index (χ2n) is 6.50. The van der Waals surface area contributed by atoms with Crippen molar-refractivity contribution in [2.24, 2.45) is 16.6 Å². The number of halogens is 1. The number of aliphatic imine (C=N–C) groups is 1. The fourth-order valence-corrected chi connectivity index (χ4v) is 2.59. The first kappa shape index (κ1) is 20.6. The van der Waals surface area contributed by atoms with Crippen molar-refractivity contribution in [1.29, 1.82) is 0 Å². The lowest BCUT2D eigenvalue weighted by Gasteiger charge is -2.14. The van der Waals surface area contributed by atoms with Crippen LogP contribution in [0.1, 0.15) is 51.7 Å². The Labute approximate surface area is 150 Å². The lowest BCUT2D eigenvalue weighted by Crippen LogP contribution is -2.33. The van der Waals surface area contributed by atoms with Gasteiger partial charge in [0, 0.05) is 30.3 Å². The summed E-state index contributed by atoms with van der Waals surface area (Å²) in [5.74, 6) is 1.20. The number of nitrogens with zero attached hydrogens (tertiary/aromatic N) is 2. The number of nitrogens with one attached hydrogen (secondary N) is 1. The lowest BCUT2D eigenvalue weighted by atomic mass is 9.93. The number of nitrogens with two attached hydrogens (primary N) is 1. The molecule has 0 saturated heterocycles. The maximum atomic E-state index is 5.82. The van der Waals surface area contributed by atoms with Crippen LogP contribution in [-0.2, 0) is 11.8 Å². The number of guanidine groups is 1. The molecule has 0 radical (unpaired) electrons. The molecule has 0 amide bonds. The third kappa shape index (κ3) is 8.60. The SMILES string of the molecule is CC(C)CCN=C(N)NCCc1nc(C(C)(C)C)cs1.I. The van der Waals surface area contributed by atoms with E-state index >= 15 is 0 Å². The third-order valence-electron chi connectivity index (χ3n) is 2.95. The first-order valence-corrected chi connectivity index (χ1v) is 8.15. The molecule has 0 fully saturated rings. The van der Waals surface area contributed by atoms with Gasteiger partial charge in [0.15, 0.2) is 5.96 Å². The Morgan fingerprint density at radius 2 is 2.10 bits per heavy atom. The van der Waals surface area contributed by atoms with E-state index in [1.807, 2.05) is 0 Å². The largest absolute Gasteiger partial charge is 0.370 e. The summed E-state index contributed by atoms with van der Waals surface area (Å²) in [7, 11) is 0. The molecule has 0 aliphatic carbocycles. The quantitative estimate of drug-likeness (QED) is 0.417. The molecule has 4 nitrogen and oxygen atoms in total. The Bertz CT molecular complexity index is 435. The molecular formula is C15H29IN4S. The Morgan fingerprint density at radius 3 is 2.62 bits per heavy atom. The number of thiazole rings is 1. The van der Waals surface area contributed by atoms with Gasteiger partial charge < -0.3 is 11.1 Å². The molecule has 0 unspecified atom stereocenters. The molecule has 21 heavy (non-hydrogen) atoms. The molecular weight excluding hydrogens is 395 g/mol. The van der Waals surface area contributed by atoms with Crippen molar-refractivity contribution < 1.29 is 0 Å². The maximum Gasteiger partial charge on any atom is 0.188 e. The topological polar surface area (TPSA) is 63.3 Å². The number of hydrogen-bond donors (Lipinski definition) is 2. The Kier molecular flexibility index (Phi) is 9.44. The summed E-state index contributed by atoms with van der Waals surface area (Å²) < 4.78 is 0. The first-order valence-electron chi connectivity index (χ1n) is 7.27. The van der Waals surface area contributed by atoms with Crippen LogP contribution in [0, 0.1) is 5.92 Å². The Morgan fingerprint density at radius 1 is 1.43 bits per heavy atom. The average molecular weight is 424 g/mol. The first-order chi connectivity index (χ1) is 9.29. The summed E-state index contributed by atoms with van der Waals surface area (Å²) in [4.78, 5) is 8.97. The highest BCUT2D eigenvalue weighted by molar-refractivity contribution is 14.0. The minimum atomic E-state index is 0. The van der Waals surface area contributed by atoms with Crippen LogP contribution in [0.3, 0.4) is 0 Å². The molecule has 0 saturated carbocycles. The van der Waals surface area contributed by atoms with E-state index in [0.717, 1.165) is 36.6 Å². The summed E-state index contributed by atoms with van der Waals surface area (Å²) in [6.45, 7) is 12.5. The molecule has 0 bridgehead atoms. The predicted molar refractivity (Wildman–Crippen MR) is 104 cm³/mol. The van der Waals surface area contributed by atoms with E-state index in [1.54, 1.807) is 11.3 Å². The lowest BCUT2D eigenvalue weighted by molar-refractivity contribution is 0.570. The van der Waals surface area contributed by atoms with E-state index in [9.17, 15) is 0 Å². The Balaban J connectivity index is 0.00000400. The van der Waals surface area contributed by atoms with Crippen molar-refractivity contribution in [1.82, 2.24) is 10.3 Å². The molecule has 6 heteroatoms. The number of rotatable bonds is 6. The normalized spacial score (nSPS) is 12.4. The fraction of sp³-hybridized carbons (Fsp3) is 0.733. The van der Waals surface area contributed by atoms with Crippen LogP contribution in [0.15, 0.2) is 10.4 Å². The highest BCUT2D eigenvalue weighted by atomic mass is 127. The van der Waals surface area contributed by atoms with Gasteiger partial charge in [-0.3, -0.25) is 4.99 Å². The van der Waals surface area contributed by atoms with Gasteiger partial charge in [-0.2, -0.15) is 0 Å². The fourth-order valence-electron chi connectivity index (χ4n) is 1.57. The summed E-state index contributed by atoms with van der Waals surface area (Å²) in [6.07, 6.45) is 1.96. The van der Waals surface area contributed by atoms with Gasteiger partial charge >= 0.3 is 0 Å². The van der Waals surface area contributed by atoms with Crippen LogP contribution in [0.5, 0.6) is 0 Å². The summed E-state index contributed by atoms with van der Waals surface area (Å²) >= 11 is 1.72. The van der Waals surface area contributed by atoms with Crippen molar-refractivity contribution >= 4 is 41.3 Å². The highest BCUT2D eigenvalue weighted by Gasteiger charge is 2.17. The molecule has 0 aliphatic heterocycles. The molecule has 122 valence electrons. The number of aromatic nitrogens is 1. The maximum absolute atomic E-state index is 5.82. The van der Waals surface area contributed by atoms with Gasteiger partial charge in [-0.05, 0) is 12.3 Å². The summed E-state index contributed by atoms with van der Waals surface area (Å²) in [5, 5.41) is 6.45. The zero-order valence-corrected chi connectivity index (χ0v) is 16.9. The van der Waals surface area contributed by atoms with Crippen LogP contribution in [0.25, 0.3) is 0 Å². The molecule has 0 spiro atoms. The van der Waals surface area contributed by atoms with Gasteiger partial charge in [0.1, 0.15) is 0 Å². The highest BCUT2D eigenvalue weighted by Crippen LogP contribution is 2.23. The molecule has 0 aromatic carbocycles. The zero-order chi connectivity index (χ0) is 15.2. The van der Waals surface area contributed by atoms with E-state index in [4.69, 9.17) is 5.73 Å². The second-order valence-corrected chi connectivity index (χ2v) is 7.45. The van der Waals surface area contributed by atoms with Crippen LogP contribution >= 0.6 is 35.3 Å². The van der Waals surface area contributed by atoms with Crippen LogP contribution in [0.4, 0.5) is 0 Å². The van der Waals surface area contributed by atoms with Crippen molar-refractivity contribution in [2.45, 2.75) is 52.9 Å². The standard InChI is InChI=1S/C15H28N4S.HI/c1-11(2)6-8-17-14(16)18-9-7-13-19-12(10-20-13)15(3,4)5;/h10-11H,6-9H2,1-5H3,(H3,16,17,18);1H. The molecule has 1 aromatic rings. The van der Waals surface area contributed by atoms with Crippen molar-refractivity contribution in [3.63, 3.8) is 0 Å². The van der Waals surface area contributed by atoms with Gasteiger partial charge in [0.05, 0.1) is 10.7 Å². The minimum Gasteiger partial charge on any atom is -0.370 e. The average Bonchev–Trinajstić information content (AvgIpc) is 2.77. The minimum absolute atomic E-state index is 0. The second kappa shape index (κ2) is 9.61. The van der Waals surface area contributed by atoms with Gasteiger partial charge in [-0.25, -0.2) is 4.98 Å². The molecule has 1 rings (SSSR count). The van der Waals surface area contributed by atoms with Gasteiger partial charge in [0.2, 0.25) is 0 Å². The zero-order valence-electron chi connectivity index (χ0n) is 13.8. The van der Waals surface area contributed by atoms with E-state index in [0.29, 0.717) is 11.9 Å². The molecule has 1 heterocycles. The van der Waals surface area contributed by atoms with E-state index in [1.165, 1.54) is 0 Å². The number of hydrogen-bond acceptors (Lipinski definition) is 3. The van der Waals surface area contributed by atoms with Gasteiger partial charge in [0.25, 0.3) is 0 Å². The van der Waals surface area contributed by atoms with Crippen LogP contribution in [0.2, 0.25) is 0 Å². The molecule has 1 aromatic heterocycles. The van der Waals surface area contributed by atoms with Crippen LogP contribution in [-0.4, -0.2) is 24.0 Å². The van der Waals surface area contributed by atoms with Crippen molar-refractivity contribution in [3.8, 4) is 0 Å². The van der Waals surface area contributed by atoms with Crippen molar-refractivity contribution in [2.75, 3.05) is 13.1 Å². The third-order valence-corrected chi connectivity index (χ3v) is 3.86. The van der Waals surface area contributed by atoms with E-state index in [2.05, 4.69) is 55.3 Å². The van der Waals surface area contributed by atoms with Crippen LogP contribution < -0.4 is 11.1 Å². The van der Waals surface area contributed by atoms with E-state index in [-0.39, 0.29) is 29.4 Å².